The van der Waals surface area contributed by atoms with Crippen molar-refractivity contribution in [3.63, 3.8) is 0 Å². The lowest BCUT2D eigenvalue weighted by Gasteiger charge is -2.20. The number of halogens is 2. The SMILES string of the molecule is CC(=O)c1cc(Cl)c(OCc2cccc(-c3cccc(COc4cc(OCc5cncc(C#N)c5)c(CNC(C(=O)O)C(C)O)cc4Cl)c3C)c2C)cc1OCc1cncc(C#N)c1. The summed E-state index contributed by atoms with van der Waals surface area (Å²) in [5, 5.41) is 41.6. The zero-order valence-electron chi connectivity index (χ0n) is 35.3. The Morgan fingerprint density at radius 3 is 1.66 bits per heavy atom. The van der Waals surface area contributed by atoms with Crippen LogP contribution >= 0.6 is 23.2 Å². The molecule has 6 rings (SSSR count). The predicted molar refractivity (Wildman–Crippen MR) is 239 cm³/mol. The van der Waals surface area contributed by atoms with Crippen LogP contribution in [0.15, 0.2) is 97.6 Å². The van der Waals surface area contributed by atoms with E-state index in [2.05, 4.69) is 27.4 Å². The van der Waals surface area contributed by atoms with Crippen LogP contribution in [0.4, 0.5) is 0 Å². The quantitative estimate of drug-likeness (QED) is 0.0651. The second kappa shape index (κ2) is 21.4. The van der Waals surface area contributed by atoms with E-state index in [4.69, 9.17) is 42.1 Å². The first-order valence-corrected chi connectivity index (χ1v) is 20.7. The summed E-state index contributed by atoms with van der Waals surface area (Å²) in [4.78, 5) is 32.5. The van der Waals surface area contributed by atoms with Crippen LogP contribution in [0.5, 0.6) is 23.0 Å². The van der Waals surface area contributed by atoms with E-state index in [1.54, 1.807) is 42.7 Å². The number of aliphatic hydroxyl groups excluding tert-OH is 1. The van der Waals surface area contributed by atoms with Crippen molar-refractivity contribution in [2.24, 2.45) is 0 Å². The maximum Gasteiger partial charge on any atom is 0.323 e. The van der Waals surface area contributed by atoms with Crippen molar-refractivity contribution in [2.75, 3.05) is 0 Å². The van der Waals surface area contributed by atoms with Crippen molar-refractivity contribution in [3.05, 3.63) is 163 Å². The molecular weight excluding hydrogens is 857 g/mol. The summed E-state index contributed by atoms with van der Waals surface area (Å²) >= 11 is 13.4. The Morgan fingerprint density at radius 2 is 1.17 bits per heavy atom. The van der Waals surface area contributed by atoms with Crippen molar-refractivity contribution >= 4 is 35.0 Å². The maximum atomic E-state index is 12.5. The second-order valence-corrected chi connectivity index (χ2v) is 15.7. The number of hydrogen-bond acceptors (Lipinski definition) is 12. The number of carboxylic acids is 1. The molecule has 0 radical (unpaired) electrons. The van der Waals surface area contributed by atoms with E-state index < -0.39 is 18.1 Å². The summed E-state index contributed by atoms with van der Waals surface area (Å²) in [6, 6.07) is 24.5. The fourth-order valence-electron chi connectivity index (χ4n) is 6.83. The summed E-state index contributed by atoms with van der Waals surface area (Å²) in [5.74, 6) is -0.159. The summed E-state index contributed by atoms with van der Waals surface area (Å²) in [6.07, 6.45) is 4.90. The van der Waals surface area contributed by atoms with Gasteiger partial charge in [0.1, 0.15) is 67.6 Å². The van der Waals surface area contributed by atoms with Crippen LogP contribution in [0, 0.1) is 36.5 Å². The molecule has 2 heterocycles. The number of rotatable bonds is 19. The molecule has 0 fully saturated rings. The first-order valence-electron chi connectivity index (χ1n) is 19.9. The topological polar surface area (TPSA) is 197 Å². The van der Waals surface area contributed by atoms with Gasteiger partial charge >= 0.3 is 5.97 Å². The Morgan fingerprint density at radius 1 is 0.688 bits per heavy atom. The lowest BCUT2D eigenvalue weighted by atomic mass is 9.92. The minimum Gasteiger partial charge on any atom is -0.488 e. The van der Waals surface area contributed by atoms with Crippen molar-refractivity contribution < 1.29 is 38.7 Å². The number of ether oxygens (including phenoxy) is 4. The van der Waals surface area contributed by atoms with Gasteiger partial charge in [-0.2, -0.15) is 10.5 Å². The van der Waals surface area contributed by atoms with E-state index in [0.717, 1.165) is 33.4 Å². The molecule has 0 spiro atoms. The number of Topliss-reactive ketones (excluding diaryl/α,β-unsaturated/α-hetero) is 1. The van der Waals surface area contributed by atoms with Gasteiger partial charge in [-0.15, -0.1) is 0 Å². The number of benzene rings is 4. The molecule has 4 aromatic carbocycles. The molecule has 0 saturated carbocycles. The van der Waals surface area contributed by atoms with Gasteiger partial charge in [0.25, 0.3) is 0 Å². The molecule has 2 atom stereocenters. The van der Waals surface area contributed by atoms with Crippen molar-refractivity contribution in [1.82, 2.24) is 15.3 Å². The van der Waals surface area contributed by atoms with Crippen molar-refractivity contribution in [2.45, 2.75) is 72.8 Å². The third kappa shape index (κ3) is 11.5. The maximum absolute atomic E-state index is 12.5. The summed E-state index contributed by atoms with van der Waals surface area (Å²) < 4.78 is 24.8. The van der Waals surface area contributed by atoms with E-state index in [1.807, 2.05) is 50.2 Å². The largest absolute Gasteiger partial charge is 0.488 e. The Hall–Kier alpha value is -7.00. The standard InChI is InChI=1S/C49H43Cl2N5O8/c1-28-36(26-63-46-15-44(61-24-34-11-32(17-52)19-54-21-34)38(13-42(46)50)23-56-48(31(4)58)49(59)60)7-5-9-39(28)40-10-6-8-37(29(40)2)27-64-47-16-45(41(30(3)57)14-43(47)51)62-25-35-12-33(18-53)20-55-22-35/h5-16,19-22,31,48,56,58H,23-27H2,1-4H3,(H,59,60). The van der Waals surface area contributed by atoms with Gasteiger partial charge < -0.3 is 29.2 Å². The van der Waals surface area contributed by atoms with Crippen LogP contribution in [-0.2, 0) is 37.8 Å². The van der Waals surface area contributed by atoms with Crippen LogP contribution in [-0.4, -0.2) is 44.1 Å². The summed E-state index contributed by atoms with van der Waals surface area (Å²) in [7, 11) is 0. The molecule has 6 aromatic rings. The first-order chi connectivity index (χ1) is 30.8. The van der Waals surface area contributed by atoms with Gasteiger partial charge in [-0.3, -0.25) is 24.9 Å². The molecule has 0 bridgehead atoms. The van der Waals surface area contributed by atoms with Gasteiger partial charge in [-0.25, -0.2) is 0 Å². The van der Waals surface area contributed by atoms with E-state index in [1.165, 1.54) is 32.3 Å². The Kier molecular flexibility index (Phi) is 15.5. The van der Waals surface area contributed by atoms with Gasteiger partial charge in [-0.05, 0) is 85.3 Å². The number of carboxylic acid groups (broad SMARTS) is 1. The molecule has 0 aliphatic heterocycles. The van der Waals surface area contributed by atoms with E-state index >= 15 is 0 Å². The zero-order chi connectivity index (χ0) is 45.9. The number of ketones is 1. The Bertz CT molecular complexity index is 2780. The third-order valence-electron chi connectivity index (χ3n) is 10.4. The highest BCUT2D eigenvalue weighted by atomic mass is 35.5. The molecule has 15 heteroatoms. The molecule has 2 unspecified atom stereocenters. The number of nitrogens with one attached hydrogen (secondary N) is 1. The van der Waals surface area contributed by atoms with Gasteiger partial charge in [0.05, 0.1) is 32.8 Å². The highest BCUT2D eigenvalue weighted by Gasteiger charge is 2.24. The van der Waals surface area contributed by atoms with Crippen LogP contribution in [0.1, 0.15) is 74.3 Å². The lowest BCUT2D eigenvalue weighted by molar-refractivity contribution is -0.142. The summed E-state index contributed by atoms with van der Waals surface area (Å²) in [5.41, 5.74) is 8.58. The molecule has 0 aliphatic carbocycles. The minimum atomic E-state index is -1.24. The highest BCUT2D eigenvalue weighted by molar-refractivity contribution is 6.32. The monoisotopic (exact) mass is 899 g/mol. The van der Waals surface area contributed by atoms with Gasteiger partial charge in [0.15, 0.2) is 5.78 Å². The molecule has 0 amide bonds. The average molecular weight is 901 g/mol. The number of carbonyl (C=O) groups is 2. The second-order valence-electron chi connectivity index (χ2n) is 14.9. The number of aliphatic carboxylic acids is 1. The number of nitrogens with zero attached hydrogens (tertiary/aromatic N) is 4. The molecule has 0 saturated heterocycles. The lowest BCUT2D eigenvalue weighted by Crippen LogP contribution is -2.44. The normalized spacial score (nSPS) is 11.8. The average Bonchev–Trinajstić information content (AvgIpc) is 3.28. The number of aromatic nitrogens is 2. The van der Waals surface area contributed by atoms with E-state index in [-0.39, 0.29) is 54.6 Å². The van der Waals surface area contributed by atoms with Gasteiger partial charge in [-0.1, -0.05) is 59.6 Å². The first kappa shape index (κ1) is 46.5. The molecular formula is C49H43Cl2N5O8. The molecule has 326 valence electrons. The fourth-order valence-corrected chi connectivity index (χ4v) is 7.29. The highest BCUT2D eigenvalue weighted by Crippen LogP contribution is 2.37. The predicted octanol–water partition coefficient (Wildman–Crippen LogP) is 9.25. The molecule has 64 heavy (non-hydrogen) atoms. The zero-order valence-corrected chi connectivity index (χ0v) is 36.8. The van der Waals surface area contributed by atoms with Gasteiger partial charge in [0.2, 0.25) is 0 Å². The molecule has 2 aromatic heterocycles. The van der Waals surface area contributed by atoms with Crippen molar-refractivity contribution in [3.8, 4) is 46.3 Å². The smallest absolute Gasteiger partial charge is 0.323 e. The van der Waals surface area contributed by atoms with Crippen LogP contribution < -0.4 is 24.3 Å². The fraction of sp³-hybridized carbons (Fsp3) is 0.224. The Balaban J connectivity index is 1.20. The van der Waals surface area contributed by atoms with Crippen LogP contribution in [0.3, 0.4) is 0 Å². The van der Waals surface area contributed by atoms with Crippen LogP contribution in [0.2, 0.25) is 10.0 Å². The number of pyridine rings is 2. The Labute approximate surface area is 380 Å². The third-order valence-corrected chi connectivity index (χ3v) is 11.0. The van der Waals surface area contributed by atoms with Crippen LogP contribution in [0.25, 0.3) is 11.1 Å². The molecule has 0 aliphatic rings. The number of carbonyl (C=O) groups excluding carboxylic acids is 1. The van der Waals surface area contributed by atoms with E-state index in [0.29, 0.717) is 50.6 Å². The summed E-state index contributed by atoms with van der Waals surface area (Å²) in [6.45, 7) is 7.27. The van der Waals surface area contributed by atoms with Gasteiger partial charge in [0, 0.05) is 60.2 Å². The molecule has 13 nitrogen and oxygen atoms in total. The van der Waals surface area contributed by atoms with Crippen molar-refractivity contribution in [1.29, 1.82) is 10.5 Å². The molecule has 3 N–H and O–H groups in total. The number of aliphatic hydroxyl groups is 1. The number of nitriles is 2. The van der Waals surface area contributed by atoms with E-state index in [9.17, 15) is 30.3 Å². The minimum absolute atomic E-state index is 0.00537. The number of hydrogen-bond donors (Lipinski definition) is 3.